The van der Waals surface area contributed by atoms with Gasteiger partial charge in [-0.05, 0) is 43.0 Å². The van der Waals surface area contributed by atoms with Gasteiger partial charge < -0.3 is 9.15 Å². The van der Waals surface area contributed by atoms with E-state index >= 15 is 0 Å². The molecule has 0 amide bonds. The lowest BCUT2D eigenvalue weighted by Crippen LogP contribution is -2.22. The maximum atomic E-state index is 12.1. The topological polar surface area (TPSA) is 52.3 Å². The lowest BCUT2D eigenvalue weighted by molar-refractivity contribution is -0.144. The van der Waals surface area contributed by atoms with Crippen LogP contribution in [0.25, 0.3) is 10.8 Å². The molecule has 0 aliphatic heterocycles. The predicted octanol–water partition coefficient (Wildman–Crippen LogP) is 4.40. The first kappa shape index (κ1) is 16.0. The molecule has 0 saturated carbocycles. The fraction of sp³-hybridized carbons (Fsp3) is 0.444. The van der Waals surface area contributed by atoms with Crippen LogP contribution in [0.2, 0.25) is 0 Å². The molecule has 2 aromatic rings. The van der Waals surface area contributed by atoms with Crippen LogP contribution in [0.3, 0.4) is 0 Å². The summed E-state index contributed by atoms with van der Waals surface area (Å²) >= 11 is 1.57. The minimum absolute atomic E-state index is 0.164. The average Bonchev–Trinajstić information content (AvgIpc) is 3.17. The molecule has 23 heavy (non-hydrogen) atoms. The molecule has 5 heteroatoms. The first-order valence-corrected chi connectivity index (χ1v) is 8.82. The molecule has 0 bridgehead atoms. The second-order valence-electron chi connectivity index (χ2n) is 6.04. The number of hydrogen-bond acceptors (Lipinski definition) is 5. The summed E-state index contributed by atoms with van der Waals surface area (Å²) < 4.78 is 11.1. The first-order valence-electron chi connectivity index (χ1n) is 7.94. The lowest BCUT2D eigenvalue weighted by atomic mass is 9.85. The summed E-state index contributed by atoms with van der Waals surface area (Å²) in [5.74, 6) is 2.00. The van der Waals surface area contributed by atoms with Gasteiger partial charge in [0.2, 0.25) is 5.89 Å². The minimum atomic E-state index is -0.235. The summed E-state index contributed by atoms with van der Waals surface area (Å²) in [5.41, 5.74) is 0.662. The number of aryl methyl sites for hydroxylation is 1. The number of carbonyl (C=O) groups excluding carboxylic acids is 1. The van der Waals surface area contributed by atoms with Crippen molar-refractivity contribution in [1.82, 2.24) is 4.98 Å². The van der Waals surface area contributed by atoms with Crippen LogP contribution in [0.4, 0.5) is 0 Å². The van der Waals surface area contributed by atoms with Crippen molar-refractivity contribution in [1.29, 1.82) is 0 Å². The Morgan fingerprint density at radius 3 is 3.00 bits per heavy atom. The quantitative estimate of drug-likeness (QED) is 0.602. The van der Waals surface area contributed by atoms with Crippen LogP contribution in [0.5, 0.6) is 0 Å². The number of nitrogens with zero attached hydrogens (tertiary/aromatic N) is 1. The molecule has 0 radical (unpaired) electrons. The van der Waals surface area contributed by atoms with Crippen molar-refractivity contribution >= 4 is 17.3 Å². The fourth-order valence-corrected chi connectivity index (χ4v) is 3.37. The van der Waals surface area contributed by atoms with E-state index in [1.165, 1.54) is 0 Å². The summed E-state index contributed by atoms with van der Waals surface area (Å²) in [6.07, 6.45) is 6.59. The van der Waals surface area contributed by atoms with Gasteiger partial charge in [-0.3, -0.25) is 4.79 Å². The van der Waals surface area contributed by atoms with Crippen molar-refractivity contribution in [3.05, 3.63) is 41.1 Å². The smallest absolute Gasteiger partial charge is 0.312 e. The molecule has 122 valence electrons. The average molecular weight is 331 g/mol. The van der Waals surface area contributed by atoms with E-state index in [0.717, 1.165) is 17.7 Å². The van der Waals surface area contributed by atoms with E-state index in [1.807, 2.05) is 24.4 Å². The Hall–Kier alpha value is -1.88. The first-order chi connectivity index (χ1) is 11.1. The summed E-state index contributed by atoms with van der Waals surface area (Å²) in [5, 5.41) is 1.97. The molecule has 2 unspecified atom stereocenters. The van der Waals surface area contributed by atoms with Gasteiger partial charge in [0.05, 0.1) is 23.6 Å². The third kappa shape index (κ3) is 3.91. The second-order valence-corrected chi connectivity index (χ2v) is 6.99. The lowest BCUT2D eigenvalue weighted by Gasteiger charge is -2.24. The van der Waals surface area contributed by atoms with Crippen molar-refractivity contribution in [2.24, 2.45) is 11.8 Å². The fourth-order valence-electron chi connectivity index (χ4n) is 2.72. The number of ether oxygens (including phenoxy) is 1. The summed E-state index contributed by atoms with van der Waals surface area (Å²) in [4.78, 5) is 17.5. The summed E-state index contributed by atoms with van der Waals surface area (Å²) in [6.45, 7) is 4.52. The Bertz CT molecular complexity index is 687. The Kier molecular flexibility index (Phi) is 4.96. The van der Waals surface area contributed by atoms with Crippen molar-refractivity contribution < 1.29 is 13.9 Å². The highest BCUT2D eigenvalue weighted by atomic mass is 32.1. The molecule has 2 aromatic heterocycles. The number of allylic oxidation sites excluding steroid dienone is 2. The van der Waals surface area contributed by atoms with Crippen molar-refractivity contribution in [2.45, 2.75) is 33.1 Å². The number of esters is 1. The number of aromatic nitrogens is 1. The van der Waals surface area contributed by atoms with Crippen molar-refractivity contribution in [3.63, 3.8) is 0 Å². The van der Waals surface area contributed by atoms with Gasteiger partial charge in [-0.25, -0.2) is 4.98 Å². The molecule has 0 aromatic carbocycles. The van der Waals surface area contributed by atoms with Gasteiger partial charge in [0.25, 0.3) is 0 Å². The zero-order valence-electron chi connectivity index (χ0n) is 13.5. The van der Waals surface area contributed by atoms with E-state index in [-0.39, 0.29) is 12.4 Å². The number of rotatable bonds is 5. The zero-order valence-corrected chi connectivity index (χ0v) is 14.3. The molecule has 0 spiro atoms. The Morgan fingerprint density at radius 1 is 1.43 bits per heavy atom. The third-order valence-electron chi connectivity index (χ3n) is 4.31. The molecule has 0 fully saturated rings. The standard InChI is InChI=1S/C18H21NO3S/c1-12-6-3-4-7-14(12)11-21-17(20)10-15-13(2)22-18(19-15)16-8-5-9-23-16/h3-5,8-9,12,14H,6-7,10-11H2,1-2H3. The highest BCUT2D eigenvalue weighted by Crippen LogP contribution is 2.27. The Morgan fingerprint density at radius 2 is 2.26 bits per heavy atom. The van der Waals surface area contributed by atoms with Gasteiger partial charge in [-0.15, -0.1) is 11.3 Å². The molecular weight excluding hydrogens is 310 g/mol. The molecule has 2 atom stereocenters. The SMILES string of the molecule is Cc1oc(-c2cccs2)nc1CC(=O)OCC1CC=CCC1C. The van der Waals surface area contributed by atoms with Gasteiger partial charge in [-0.2, -0.15) is 0 Å². The molecule has 3 rings (SSSR count). The van der Waals surface area contributed by atoms with E-state index in [0.29, 0.717) is 35.8 Å². The highest BCUT2D eigenvalue weighted by Gasteiger charge is 2.21. The van der Waals surface area contributed by atoms with Crippen LogP contribution in [0.15, 0.2) is 34.1 Å². The van der Waals surface area contributed by atoms with E-state index in [9.17, 15) is 4.79 Å². The van der Waals surface area contributed by atoms with Crippen LogP contribution >= 0.6 is 11.3 Å². The molecule has 0 saturated heterocycles. The third-order valence-corrected chi connectivity index (χ3v) is 5.17. The van der Waals surface area contributed by atoms with Crippen LogP contribution in [-0.4, -0.2) is 17.6 Å². The Labute approximate surface area is 140 Å². The van der Waals surface area contributed by atoms with Gasteiger partial charge in [0, 0.05) is 0 Å². The predicted molar refractivity (Wildman–Crippen MR) is 90.2 cm³/mol. The number of thiophene rings is 1. The van der Waals surface area contributed by atoms with Crippen LogP contribution in [-0.2, 0) is 16.0 Å². The van der Waals surface area contributed by atoms with E-state index in [1.54, 1.807) is 11.3 Å². The molecule has 4 nitrogen and oxygen atoms in total. The van der Waals surface area contributed by atoms with Crippen LogP contribution < -0.4 is 0 Å². The molecule has 0 N–H and O–H groups in total. The van der Waals surface area contributed by atoms with Gasteiger partial charge in [0.1, 0.15) is 5.76 Å². The molecule has 1 aliphatic rings. The normalized spacial score (nSPS) is 20.6. The summed E-state index contributed by atoms with van der Waals surface area (Å²) in [6, 6.07) is 3.91. The number of carbonyl (C=O) groups is 1. The number of hydrogen-bond donors (Lipinski definition) is 0. The number of oxazole rings is 1. The van der Waals surface area contributed by atoms with Crippen LogP contribution in [0.1, 0.15) is 31.2 Å². The van der Waals surface area contributed by atoms with E-state index < -0.39 is 0 Å². The maximum Gasteiger partial charge on any atom is 0.312 e. The van der Waals surface area contributed by atoms with Gasteiger partial charge in [0.15, 0.2) is 0 Å². The second kappa shape index (κ2) is 7.13. The Balaban J connectivity index is 1.57. The monoisotopic (exact) mass is 331 g/mol. The van der Waals surface area contributed by atoms with Gasteiger partial charge in [-0.1, -0.05) is 25.1 Å². The van der Waals surface area contributed by atoms with Crippen molar-refractivity contribution in [3.8, 4) is 10.8 Å². The van der Waals surface area contributed by atoms with Crippen LogP contribution in [0, 0.1) is 18.8 Å². The zero-order chi connectivity index (χ0) is 16.2. The molecule has 1 aliphatic carbocycles. The molecule has 2 heterocycles. The van der Waals surface area contributed by atoms with Crippen molar-refractivity contribution in [2.75, 3.05) is 6.61 Å². The van der Waals surface area contributed by atoms with Gasteiger partial charge >= 0.3 is 5.97 Å². The highest BCUT2D eigenvalue weighted by molar-refractivity contribution is 7.13. The summed E-state index contributed by atoms with van der Waals surface area (Å²) in [7, 11) is 0. The van der Waals surface area contributed by atoms with E-state index in [2.05, 4.69) is 24.1 Å². The van der Waals surface area contributed by atoms with E-state index in [4.69, 9.17) is 9.15 Å². The minimum Gasteiger partial charge on any atom is -0.465 e. The maximum absolute atomic E-state index is 12.1. The molecular formula is C18H21NO3S. The largest absolute Gasteiger partial charge is 0.465 e.